The van der Waals surface area contributed by atoms with Crippen molar-refractivity contribution in [2.24, 2.45) is 17.8 Å². The third-order valence-electron chi connectivity index (χ3n) is 4.49. The predicted octanol–water partition coefficient (Wildman–Crippen LogP) is 3.61. The highest BCUT2D eigenvalue weighted by Gasteiger charge is 2.38. The summed E-state index contributed by atoms with van der Waals surface area (Å²) in [5, 5.41) is 10.6. The summed E-state index contributed by atoms with van der Waals surface area (Å²) in [7, 11) is 0. The molecule has 0 radical (unpaired) electrons. The maximum Gasteiger partial charge on any atom is 0.0675 e. The van der Waals surface area contributed by atoms with Gasteiger partial charge >= 0.3 is 0 Å². The van der Waals surface area contributed by atoms with Gasteiger partial charge in [0.05, 0.1) is 5.60 Å². The molecule has 0 aromatic heterocycles. The van der Waals surface area contributed by atoms with Crippen LogP contribution in [0.2, 0.25) is 0 Å². The molecule has 2 unspecified atom stereocenters. The Labute approximate surface area is 88.9 Å². The van der Waals surface area contributed by atoms with Crippen LogP contribution in [0.4, 0.5) is 0 Å². The third-order valence-corrected chi connectivity index (χ3v) is 4.49. The van der Waals surface area contributed by atoms with Gasteiger partial charge in [0.2, 0.25) is 0 Å². The lowest BCUT2D eigenvalue weighted by molar-refractivity contribution is -0.0690. The van der Waals surface area contributed by atoms with Gasteiger partial charge in [0.25, 0.3) is 0 Å². The van der Waals surface area contributed by atoms with Crippen molar-refractivity contribution < 1.29 is 5.11 Å². The molecule has 0 spiro atoms. The molecule has 1 aliphatic rings. The number of hydrogen-bond acceptors (Lipinski definition) is 1. The maximum absolute atomic E-state index is 10.6. The van der Waals surface area contributed by atoms with Crippen LogP contribution in [-0.4, -0.2) is 10.7 Å². The second-order valence-corrected chi connectivity index (χ2v) is 5.46. The Morgan fingerprint density at radius 2 is 1.79 bits per heavy atom. The smallest absolute Gasteiger partial charge is 0.0675 e. The van der Waals surface area contributed by atoms with Crippen LogP contribution in [0.25, 0.3) is 0 Å². The Hall–Kier alpha value is -0.0400. The first-order chi connectivity index (χ1) is 6.49. The number of hydrogen-bond donors (Lipinski definition) is 1. The second-order valence-electron chi connectivity index (χ2n) is 5.46. The van der Waals surface area contributed by atoms with Gasteiger partial charge < -0.3 is 5.11 Å². The highest BCUT2D eigenvalue weighted by Crippen LogP contribution is 2.40. The molecule has 84 valence electrons. The first-order valence-corrected chi connectivity index (χ1v) is 6.22. The quantitative estimate of drug-likeness (QED) is 0.734. The van der Waals surface area contributed by atoms with Gasteiger partial charge in [-0.25, -0.2) is 0 Å². The van der Waals surface area contributed by atoms with Crippen LogP contribution in [0.5, 0.6) is 0 Å². The van der Waals surface area contributed by atoms with Gasteiger partial charge in [-0.05, 0) is 43.4 Å². The van der Waals surface area contributed by atoms with Gasteiger partial charge in [-0.1, -0.05) is 34.1 Å². The molecule has 0 aromatic rings. The molecular formula is C13H26O. The van der Waals surface area contributed by atoms with Gasteiger partial charge in [-0.3, -0.25) is 0 Å². The highest BCUT2D eigenvalue weighted by molar-refractivity contribution is 4.90. The SMILES string of the molecule is CCC(C)C(C)C1(O)CCC(C)CC1. The molecule has 1 fully saturated rings. The van der Waals surface area contributed by atoms with Crippen molar-refractivity contribution in [2.75, 3.05) is 0 Å². The van der Waals surface area contributed by atoms with E-state index in [1.807, 2.05) is 0 Å². The normalized spacial score (nSPS) is 37.9. The molecule has 0 saturated heterocycles. The number of rotatable bonds is 3. The van der Waals surface area contributed by atoms with Gasteiger partial charge in [0.15, 0.2) is 0 Å². The summed E-state index contributed by atoms with van der Waals surface area (Å²) in [5.74, 6) is 1.92. The van der Waals surface area contributed by atoms with E-state index in [1.165, 1.54) is 19.3 Å². The zero-order valence-electron chi connectivity index (χ0n) is 10.2. The first-order valence-electron chi connectivity index (χ1n) is 6.22. The standard InChI is InChI=1S/C13H26O/c1-5-11(3)12(4)13(14)8-6-10(2)7-9-13/h10-12,14H,5-9H2,1-4H3. The van der Waals surface area contributed by atoms with Crippen molar-refractivity contribution in [3.8, 4) is 0 Å². The van der Waals surface area contributed by atoms with Crippen LogP contribution in [0, 0.1) is 17.8 Å². The Morgan fingerprint density at radius 3 is 2.21 bits per heavy atom. The third kappa shape index (κ3) is 2.50. The van der Waals surface area contributed by atoms with E-state index in [0.717, 1.165) is 18.8 Å². The lowest BCUT2D eigenvalue weighted by atomic mass is 9.69. The Bertz CT molecular complexity index is 168. The van der Waals surface area contributed by atoms with Crippen molar-refractivity contribution in [3.05, 3.63) is 0 Å². The Balaban J connectivity index is 2.56. The topological polar surface area (TPSA) is 20.2 Å². The molecular weight excluding hydrogens is 172 g/mol. The van der Waals surface area contributed by atoms with E-state index < -0.39 is 0 Å². The van der Waals surface area contributed by atoms with E-state index in [1.54, 1.807) is 0 Å². The zero-order chi connectivity index (χ0) is 10.8. The van der Waals surface area contributed by atoms with E-state index >= 15 is 0 Å². The molecule has 0 aliphatic heterocycles. The van der Waals surface area contributed by atoms with Crippen LogP contribution in [0.1, 0.15) is 59.8 Å². The molecule has 1 heteroatoms. The predicted molar refractivity (Wildman–Crippen MR) is 61.2 cm³/mol. The summed E-state index contributed by atoms with van der Waals surface area (Å²) in [6, 6.07) is 0. The van der Waals surface area contributed by atoms with Crippen LogP contribution in [0.15, 0.2) is 0 Å². The molecule has 1 rings (SSSR count). The van der Waals surface area contributed by atoms with Gasteiger partial charge in [0.1, 0.15) is 0 Å². The van der Waals surface area contributed by atoms with E-state index in [4.69, 9.17) is 0 Å². The lowest BCUT2D eigenvalue weighted by Crippen LogP contribution is -2.42. The zero-order valence-corrected chi connectivity index (χ0v) is 10.2. The van der Waals surface area contributed by atoms with E-state index in [0.29, 0.717) is 11.8 Å². The molecule has 0 heterocycles. The summed E-state index contributed by atoms with van der Waals surface area (Å²) in [5.41, 5.74) is -0.359. The minimum Gasteiger partial charge on any atom is -0.390 e. The minimum absolute atomic E-state index is 0.359. The first kappa shape index (κ1) is 12.0. The summed E-state index contributed by atoms with van der Waals surface area (Å²) >= 11 is 0. The molecule has 1 aliphatic carbocycles. The number of aliphatic hydroxyl groups is 1. The van der Waals surface area contributed by atoms with Crippen molar-refractivity contribution in [1.29, 1.82) is 0 Å². The second kappa shape index (κ2) is 4.65. The van der Waals surface area contributed by atoms with E-state index in [2.05, 4.69) is 27.7 Å². The Morgan fingerprint density at radius 1 is 1.29 bits per heavy atom. The average molecular weight is 198 g/mol. The fraction of sp³-hybridized carbons (Fsp3) is 1.00. The Kier molecular flexibility index (Phi) is 4.00. The largest absolute Gasteiger partial charge is 0.390 e. The van der Waals surface area contributed by atoms with Crippen molar-refractivity contribution in [3.63, 3.8) is 0 Å². The van der Waals surface area contributed by atoms with Crippen LogP contribution >= 0.6 is 0 Å². The van der Waals surface area contributed by atoms with Gasteiger partial charge in [0, 0.05) is 0 Å². The molecule has 1 saturated carbocycles. The molecule has 0 bridgehead atoms. The van der Waals surface area contributed by atoms with Crippen LogP contribution in [0.3, 0.4) is 0 Å². The highest BCUT2D eigenvalue weighted by atomic mass is 16.3. The van der Waals surface area contributed by atoms with Crippen LogP contribution < -0.4 is 0 Å². The molecule has 0 amide bonds. The summed E-state index contributed by atoms with van der Waals surface area (Å²) in [6.45, 7) is 9.01. The summed E-state index contributed by atoms with van der Waals surface area (Å²) in [4.78, 5) is 0. The average Bonchev–Trinajstić information content (AvgIpc) is 2.20. The maximum atomic E-state index is 10.6. The molecule has 1 N–H and O–H groups in total. The van der Waals surface area contributed by atoms with E-state index in [-0.39, 0.29) is 5.60 Å². The molecule has 1 nitrogen and oxygen atoms in total. The van der Waals surface area contributed by atoms with Crippen molar-refractivity contribution >= 4 is 0 Å². The molecule has 14 heavy (non-hydrogen) atoms. The molecule has 2 atom stereocenters. The van der Waals surface area contributed by atoms with Gasteiger partial charge in [-0.15, -0.1) is 0 Å². The van der Waals surface area contributed by atoms with Crippen LogP contribution in [-0.2, 0) is 0 Å². The minimum atomic E-state index is -0.359. The van der Waals surface area contributed by atoms with Gasteiger partial charge in [-0.2, -0.15) is 0 Å². The van der Waals surface area contributed by atoms with E-state index in [9.17, 15) is 5.11 Å². The fourth-order valence-electron chi connectivity index (χ4n) is 2.60. The monoisotopic (exact) mass is 198 g/mol. The van der Waals surface area contributed by atoms with Crippen molar-refractivity contribution in [2.45, 2.75) is 65.4 Å². The summed E-state index contributed by atoms with van der Waals surface area (Å²) < 4.78 is 0. The van der Waals surface area contributed by atoms with Crippen molar-refractivity contribution in [1.82, 2.24) is 0 Å². The lowest BCUT2D eigenvalue weighted by Gasteiger charge is -2.42. The molecule has 0 aromatic carbocycles. The summed E-state index contributed by atoms with van der Waals surface area (Å²) in [6.07, 6.45) is 5.62. The fourth-order valence-corrected chi connectivity index (χ4v) is 2.60.